The van der Waals surface area contributed by atoms with Crippen molar-refractivity contribution in [3.63, 3.8) is 0 Å². The third-order valence-corrected chi connectivity index (χ3v) is 4.33. The van der Waals surface area contributed by atoms with Crippen LogP contribution in [-0.4, -0.2) is 15.7 Å². The fourth-order valence-electron chi connectivity index (χ4n) is 2.65. The molecule has 1 aromatic heterocycles. The highest BCUT2D eigenvalue weighted by molar-refractivity contribution is 6.30. The Morgan fingerprint density at radius 3 is 2.61 bits per heavy atom. The van der Waals surface area contributed by atoms with Crippen LogP contribution in [0.4, 0.5) is 23.2 Å². The fraction of sp³-hybridized carbons (Fsp3) is 0.158. The van der Waals surface area contributed by atoms with Crippen molar-refractivity contribution >= 4 is 23.2 Å². The lowest BCUT2D eigenvalue weighted by atomic mass is 10.0. The van der Waals surface area contributed by atoms with Crippen molar-refractivity contribution in [2.75, 3.05) is 5.32 Å². The standard InChI is InChI=1S/C19H14ClF4N3O/c1-2-27-9-13(17(26-27)18(23)24)19(28)25-16-6-4-11(21)8-12(16)10-3-5-14(20)15(22)7-10/h3-9,18H,2H2,1H3,(H,25,28). The van der Waals surface area contributed by atoms with Crippen molar-refractivity contribution in [2.24, 2.45) is 0 Å². The summed E-state index contributed by atoms with van der Waals surface area (Å²) >= 11 is 5.67. The molecule has 9 heteroatoms. The van der Waals surface area contributed by atoms with Gasteiger partial charge in [0.1, 0.15) is 17.3 Å². The Bertz CT molecular complexity index is 1040. The number of hydrogen-bond donors (Lipinski definition) is 1. The Hall–Kier alpha value is -2.87. The van der Waals surface area contributed by atoms with Crippen LogP contribution >= 0.6 is 11.6 Å². The monoisotopic (exact) mass is 411 g/mol. The Labute approximate surface area is 162 Å². The van der Waals surface area contributed by atoms with E-state index < -0.39 is 29.7 Å². The van der Waals surface area contributed by atoms with Gasteiger partial charge in [0.15, 0.2) is 0 Å². The summed E-state index contributed by atoms with van der Waals surface area (Å²) in [6.45, 7) is 2.00. The molecule has 0 aliphatic carbocycles. The summed E-state index contributed by atoms with van der Waals surface area (Å²) in [6, 6.07) is 7.29. The third-order valence-electron chi connectivity index (χ3n) is 4.03. The molecule has 0 aliphatic heterocycles. The molecule has 0 atom stereocenters. The number of aromatic nitrogens is 2. The molecule has 4 nitrogen and oxygen atoms in total. The lowest BCUT2D eigenvalue weighted by molar-refractivity contribution is 0.101. The van der Waals surface area contributed by atoms with Gasteiger partial charge in [-0.2, -0.15) is 5.10 Å². The molecule has 0 saturated carbocycles. The van der Waals surface area contributed by atoms with Gasteiger partial charge in [-0.1, -0.05) is 17.7 Å². The topological polar surface area (TPSA) is 46.9 Å². The summed E-state index contributed by atoms with van der Waals surface area (Å²) in [5, 5.41) is 6.05. The highest BCUT2D eigenvalue weighted by Gasteiger charge is 2.24. The molecule has 1 amide bonds. The number of benzene rings is 2. The van der Waals surface area contributed by atoms with Gasteiger partial charge < -0.3 is 5.32 Å². The lowest BCUT2D eigenvalue weighted by Crippen LogP contribution is -2.14. The smallest absolute Gasteiger partial charge is 0.282 e. The van der Waals surface area contributed by atoms with Crippen molar-refractivity contribution < 1.29 is 22.4 Å². The van der Waals surface area contributed by atoms with Crippen molar-refractivity contribution in [1.29, 1.82) is 0 Å². The normalized spacial score (nSPS) is 11.1. The number of halogens is 5. The van der Waals surface area contributed by atoms with Crippen molar-refractivity contribution in [2.45, 2.75) is 19.9 Å². The number of hydrogen-bond acceptors (Lipinski definition) is 2. The zero-order valence-corrected chi connectivity index (χ0v) is 15.3. The van der Waals surface area contributed by atoms with Gasteiger partial charge in [0, 0.05) is 24.0 Å². The molecular formula is C19H14ClF4N3O. The van der Waals surface area contributed by atoms with E-state index in [0.29, 0.717) is 6.54 Å². The van der Waals surface area contributed by atoms with E-state index in [-0.39, 0.29) is 27.4 Å². The molecule has 28 heavy (non-hydrogen) atoms. The average molecular weight is 412 g/mol. The van der Waals surface area contributed by atoms with Gasteiger partial charge in [0.2, 0.25) is 0 Å². The van der Waals surface area contributed by atoms with Crippen LogP contribution in [0.15, 0.2) is 42.6 Å². The SMILES string of the molecule is CCn1cc(C(=O)Nc2ccc(F)cc2-c2ccc(Cl)c(F)c2)c(C(F)F)n1. The van der Waals surface area contributed by atoms with E-state index in [9.17, 15) is 22.4 Å². The molecule has 3 rings (SSSR count). The number of nitrogens with one attached hydrogen (secondary N) is 1. The predicted octanol–water partition coefficient (Wildman–Crippen LogP) is 5.69. The van der Waals surface area contributed by atoms with E-state index >= 15 is 0 Å². The van der Waals surface area contributed by atoms with E-state index in [1.807, 2.05) is 0 Å². The molecule has 0 aliphatic rings. The summed E-state index contributed by atoms with van der Waals surface area (Å²) < 4.78 is 55.2. The highest BCUT2D eigenvalue weighted by Crippen LogP contribution is 2.32. The third kappa shape index (κ3) is 4.01. The molecule has 146 valence electrons. The second kappa shape index (κ2) is 8.02. The minimum atomic E-state index is -2.94. The van der Waals surface area contributed by atoms with Crippen molar-refractivity contribution in [1.82, 2.24) is 9.78 Å². The fourth-order valence-corrected chi connectivity index (χ4v) is 2.77. The van der Waals surface area contributed by atoms with Gasteiger partial charge >= 0.3 is 0 Å². The summed E-state index contributed by atoms with van der Waals surface area (Å²) in [7, 11) is 0. The number of carbonyl (C=O) groups excluding carboxylic acids is 1. The summed E-state index contributed by atoms with van der Waals surface area (Å²) in [5.41, 5.74) is -0.395. The van der Waals surface area contributed by atoms with E-state index in [4.69, 9.17) is 11.6 Å². The Kier molecular flexibility index (Phi) is 5.69. The molecule has 3 aromatic rings. The van der Waals surface area contributed by atoms with Gasteiger partial charge in [-0.3, -0.25) is 9.48 Å². The first-order valence-corrected chi connectivity index (χ1v) is 8.59. The molecule has 0 bridgehead atoms. The van der Waals surface area contributed by atoms with Crippen LogP contribution in [0.1, 0.15) is 29.4 Å². The second-order valence-electron chi connectivity index (χ2n) is 5.86. The van der Waals surface area contributed by atoms with Crippen LogP contribution < -0.4 is 5.32 Å². The lowest BCUT2D eigenvalue weighted by Gasteiger charge is -2.12. The van der Waals surface area contributed by atoms with Gasteiger partial charge in [-0.25, -0.2) is 17.6 Å². The molecule has 0 saturated heterocycles. The summed E-state index contributed by atoms with van der Waals surface area (Å²) in [4.78, 5) is 12.6. The van der Waals surface area contributed by atoms with Crippen LogP contribution in [-0.2, 0) is 6.54 Å². The van der Waals surface area contributed by atoms with E-state index in [1.165, 1.54) is 29.1 Å². The number of anilines is 1. The first-order valence-electron chi connectivity index (χ1n) is 8.22. The van der Waals surface area contributed by atoms with Gasteiger partial charge in [-0.05, 0) is 42.8 Å². The van der Waals surface area contributed by atoms with Gasteiger partial charge in [0.05, 0.1) is 10.6 Å². The number of carbonyl (C=O) groups is 1. The molecule has 1 N–H and O–H groups in total. The number of rotatable bonds is 5. The Morgan fingerprint density at radius 1 is 1.21 bits per heavy atom. The summed E-state index contributed by atoms with van der Waals surface area (Å²) in [6.07, 6.45) is -1.73. The van der Waals surface area contributed by atoms with Crippen molar-refractivity contribution in [3.8, 4) is 11.1 Å². The number of aryl methyl sites for hydroxylation is 1. The molecule has 0 spiro atoms. The van der Waals surface area contributed by atoms with Crippen LogP contribution in [0.2, 0.25) is 5.02 Å². The van der Waals surface area contributed by atoms with Crippen LogP contribution in [0.25, 0.3) is 11.1 Å². The zero-order chi connectivity index (χ0) is 20.4. The highest BCUT2D eigenvalue weighted by atomic mass is 35.5. The molecular weight excluding hydrogens is 398 g/mol. The first kappa shape index (κ1) is 19.9. The maximum Gasteiger partial charge on any atom is 0.282 e. The second-order valence-corrected chi connectivity index (χ2v) is 6.26. The summed E-state index contributed by atoms with van der Waals surface area (Å²) in [5.74, 6) is -2.17. The quantitative estimate of drug-likeness (QED) is 0.548. The molecule has 0 unspecified atom stereocenters. The first-order chi connectivity index (χ1) is 13.3. The zero-order valence-electron chi connectivity index (χ0n) is 14.5. The van der Waals surface area contributed by atoms with Gasteiger partial charge in [-0.15, -0.1) is 0 Å². The average Bonchev–Trinajstić information content (AvgIpc) is 3.10. The minimum absolute atomic E-state index is 0.112. The number of nitrogens with zero attached hydrogens (tertiary/aromatic N) is 2. The van der Waals surface area contributed by atoms with Crippen molar-refractivity contribution in [3.05, 3.63) is 70.5 Å². The van der Waals surface area contributed by atoms with E-state index in [2.05, 4.69) is 10.4 Å². The van der Waals surface area contributed by atoms with Crippen LogP contribution in [0.5, 0.6) is 0 Å². The van der Waals surface area contributed by atoms with Crippen LogP contribution in [0, 0.1) is 11.6 Å². The van der Waals surface area contributed by atoms with Gasteiger partial charge in [0.25, 0.3) is 12.3 Å². The largest absolute Gasteiger partial charge is 0.321 e. The molecule has 1 heterocycles. The van der Waals surface area contributed by atoms with E-state index in [0.717, 1.165) is 18.2 Å². The number of amides is 1. The van der Waals surface area contributed by atoms with E-state index in [1.54, 1.807) is 6.92 Å². The predicted molar refractivity (Wildman–Crippen MR) is 97.6 cm³/mol. The Morgan fingerprint density at radius 2 is 1.96 bits per heavy atom. The molecule has 0 radical (unpaired) electrons. The maximum atomic E-state index is 13.8. The maximum absolute atomic E-state index is 13.8. The Balaban J connectivity index is 2.00. The minimum Gasteiger partial charge on any atom is -0.321 e. The molecule has 2 aromatic carbocycles. The van der Waals surface area contributed by atoms with Crippen LogP contribution in [0.3, 0.4) is 0 Å². The molecule has 0 fully saturated rings. The number of alkyl halides is 2.